The molecular formula is C13H27NO. The fourth-order valence-electron chi connectivity index (χ4n) is 2.44. The van der Waals surface area contributed by atoms with E-state index in [1.165, 1.54) is 13.0 Å². The van der Waals surface area contributed by atoms with Crippen molar-refractivity contribution < 1.29 is 5.11 Å². The first-order chi connectivity index (χ1) is 7.06. The Balaban J connectivity index is 2.36. The number of aliphatic hydroxyl groups is 1. The molecule has 0 heterocycles. The molecule has 90 valence electrons. The maximum absolute atomic E-state index is 9.50. The van der Waals surface area contributed by atoms with Crippen LogP contribution in [0.5, 0.6) is 0 Å². The third-order valence-electron chi connectivity index (χ3n) is 4.26. The first kappa shape index (κ1) is 13.0. The molecule has 1 N–H and O–H groups in total. The molecule has 0 aliphatic heterocycles. The molecule has 1 rings (SSSR count). The Morgan fingerprint density at radius 1 is 1.33 bits per heavy atom. The average molecular weight is 213 g/mol. The molecule has 0 bridgehead atoms. The summed E-state index contributed by atoms with van der Waals surface area (Å²) in [5, 5.41) is 9.50. The molecule has 0 amide bonds. The Kier molecular flexibility index (Phi) is 4.60. The number of nitrogens with zero attached hydrogens (tertiary/aromatic N) is 1. The van der Waals surface area contributed by atoms with Gasteiger partial charge in [0.15, 0.2) is 0 Å². The number of rotatable bonds is 7. The fraction of sp³-hybridized carbons (Fsp3) is 1.00. The van der Waals surface area contributed by atoms with Crippen LogP contribution in [0.1, 0.15) is 40.0 Å². The SMILES string of the molecule is CCC(CC)(CO)CN(C)CC1CC1C. The lowest BCUT2D eigenvalue weighted by Crippen LogP contribution is -2.38. The summed E-state index contributed by atoms with van der Waals surface area (Å²) in [6, 6.07) is 0. The molecule has 1 aliphatic rings. The Bertz CT molecular complexity index is 181. The Hall–Kier alpha value is -0.0800. The second kappa shape index (κ2) is 5.31. The molecule has 1 fully saturated rings. The van der Waals surface area contributed by atoms with Crippen LogP contribution in [-0.2, 0) is 0 Å². The summed E-state index contributed by atoms with van der Waals surface area (Å²) in [4.78, 5) is 2.41. The van der Waals surface area contributed by atoms with Crippen molar-refractivity contribution in [1.29, 1.82) is 0 Å². The first-order valence-electron chi connectivity index (χ1n) is 6.36. The lowest BCUT2D eigenvalue weighted by molar-refractivity contribution is 0.0736. The van der Waals surface area contributed by atoms with Crippen molar-refractivity contribution in [2.24, 2.45) is 17.3 Å². The highest BCUT2D eigenvalue weighted by Gasteiger charge is 2.35. The minimum Gasteiger partial charge on any atom is -0.396 e. The summed E-state index contributed by atoms with van der Waals surface area (Å²) < 4.78 is 0. The van der Waals surface area contributed by atoms with Crippen molar-refractivity contribution >= 4 is 0 Å². The van der Waals surface area contributed by atoms with Crippen LogP contribution in [0.25, 0.3) is 0 Å². The maximum Gasteiger partial charge on any atom is 0.0499 e. The van der Waals surface area contributed by atoms with E-state index in [0.717, 1.165) is 31.2 Å². The van der Waals surface area contributed by atoms with Crippen molar-refractivity contribution in [3.05, 3.63) is 0 Å². The van der Waals surface area contributed by atoms with Gasteiger partial charge in [0.1, 0.15) is 0 Å². The van der Waals surface area contributed by atoms with Crippen molar-refractivity contribution in [2.45, 2.75) is 40.0 Å². The van der Waals surface area contributed by atoms with Crippen molar-refractivity contribution in [1.82, 2.24) is 4.90 Å². The maximum atomic E-state index is 9.50. The molecule has 2 unspecified atom stereocenters. The Labute approximate surface area is 94.7 Å². The topological polar surface area (TPSA) is 23.5 Å². The van der Waals surface area contributed by atoms with Gasteiger partial charge in [-0.2, -0.15) is 0 Å². The number of aliphatic hydroxyl groups excluding tert-OH is 1. The van der Waals surface area contributed by atoms with Crippen LogP contribution in [-0.4, -0.2) is 36.8 Å². The summed E-state index contributed by atoms with van der Waals surface area (Å²) in [6.07, 6.45) is 3.55. The van der Waals surface area contributed by atoms with Gasteiger partial charge in [0.25, 0.3) is 0 Å². The predicted molar refractivity (Wildman–Crippen MR) is 64.9 cm³/mol. The van der Waals surface area contributed by atoms with Crippen LogP contribution in [0.15, 0.2) is 0 Å². The van der Waals surface area contributed by atoms with E-state index >= 15 is 0 Å². The lowest BCUT2D eigenvalue weighted by Gasteiger charge is -2.34. The van der Waals surface area contributed by atoms with E-state index < -0.39 is 0 Å². The molecule has 0 aromatic carbocycles. The molecule has 2 nitrogen and oxygen atoms in total. The molecule has 0 saturated heterocycles. The van der Waals surface area contributed by atoms with Gasteiger partial charge in [-0.3, -0.25) is 0 Å². The second-order valence-electron chi connectivity index (χ2n) is 5.54. The van der Waals surface area contributed by atoms with Crippen molar-refractivity contribution in [3.63, 3.8) is 0 Å². The van der Waals surface area contributed by atoms with Crippen molar-refractivity contribution in [2.75, 3.05) is 26.7 Å². The van der Waals surface area contributed by atoms with Gasteiger partial charge in [-0.1, -0.05) is 20.8 Å². The highest BCUT2D eigenvalue weighted by atomic mass is 16.3. The zero-order chi connectivity index (χ0) is 11.5. The minimum atomic E-state index is 0.132. The molecule has 0 radical (unpaired) electrons. The van der Waals surface area contributed by atoms with Gasteiger partial charge in [-0.25, -0.2) is 0 Å². The van der Waals surface area contributed by atoms with Gasteiger partial charge < -0.3 is 10.0 Å². The molecule has 0 aromatic rings. The molecule has 0 aromatic heterocycles. The standard InChI is InChI=1S/C13H27NO/c1-5-13(6-2,10-15)9-14(4)8-12-7-11(12)3/h11-12,15H,5-10H2,1-4H3. The van der Waals surface area contributed by atoms with Gasteiger partial charge >= 0.3 is 0 Å². The summed E-state index contributed by atoms with van der Waals surface area (Å²) >= 11 is 0. The fourth-order valence-corrected chi connectivity index (χ4v) is 2.44. The van der Waals surface area contributed by atoms with E-state index in [1.54, 1.807) is 0 Å². The van der Waals surface area contributed by atoms with Gasteiger partial charge in [-0.05, 0) is 38.1 Å². The predicted octanol–water partition coefficient (Wildman–Crippen LogP) is 2.37. The Morgan fingerprint density at radius 2 is 1.87 bits per heavy atom. The van der Waals surface area contributed by atoms with Gasteiger partial charge in [0, 0.05) is 25.1 Å². The van der Waals surface area contributed by atoms with E-state index in [2.05, 4.69) is 32.7 Å². The largest absolute Gasteiger partial charge is 0.396 e. The van der Waals surface area contributed by atoms with Gasteiger partial charge in [-0.15, -0.1) is 0 Å². The van der Waals surface area contributed by atoms with E-state index in [1.807, 2.05) is 0 Å². The molecule has 0 spiro atoms. The highest BCUT2D eigenvalue weighted by Crippen LogP contribution is 2.38. The summed E-state index contributed by atoms with van der Waals surface area (Å²) in [5.74, 6) is 1.85. The molecule has 2 atom stereocenters. The van der Waals surface area contributed by atoms with E-state index in [0.29, 0.717) is 6.61 Å². The molecule has 1 saturated carbocycles. The normalized spacial score (nSPS) is 26.0. The van der Waals surface area contributed by atoms with E-state index in [4.69, 9.17) is 0 Å². The molecule has 2 heteroatoms. The molecular weight excluding hydrogens is 186 g/mol. The average Bonchev–Trinajstić information content (AvgIpc) is 2.91. The highest BCUT2D eigenvalue weighted by molar-refractivity contribution is 4.86. The third kappa shape index (κ3) is 3.46. The Morgan fingerprint density at radius 3 is 2.20 bits per heavy atom. The summed E-state index contributed by atoms with van der Waals surface area (Å²) in [6.45, 7) is 9.28. The number of hydrogen-bond donors (Lipinski definition) is 1. The minimum absolute atomic E-state index is 0.132. The first-order valence-corrected chi connectivity index (χ1v) is 6.36. The second-order valence-corrected chi connectivity index (χ2v) is 5.54. The monoisotopic (exact) mass is 213 g/mol. The van der Waals surface area contributed by atoms with Gasteiger partial charge in [0.2, 0.25) is 0 Å². The van der Waals surface area contributed by atoms with Crippen LogP contribution >= 0.6 is 0 Å². The number of hydrogen-bond acceptors (Lipinski definition) is 2. The van der Waals surface area contributed by atoms with Crippen LogP contribution < -0.4 is 0 Å². The summed E-state index contributed by atoms with van der Waals surface area (Å²) in [7, 11) is 2.20. The third-order valence-corrected chi connectivity index (χ3v) is 4.26. The zero-order valence-corrected chi connectivity index (χ0v) is 10.8. The van der Waals surface area contributed by atoms with E-state index in [9.17, 15) is 5.11 Å². The quantitative estimate of drug-likeness (QED) is 0.702. The smallest absolute Gasteiger partial charge is 0.0499 e. The zero-order valence-electron chi connectivity index (χ0n) is 10.8. The van der Waals surface area contributed by atoms with E-state index in [-0.39, 0.29) is 5.41 Å². The van der Waals surface area contributed by atoms with Crippen LogP contribution in [0, 0.1) is 17.3 Å². The van der Waals surface area contributed by atoms with Gasteiger partial charge in [0.05, 0.1) is 0 Å². The van der Waals surface area contributed by atoms with Crippen LogP contribution in [0.2, 0.25) is 0 Å². The lowest BCUT2D eigenvalue weighted by atomic mass is 9.83. The van der Waals surface area contributed by atoms with Crippen LogP contribution in [0.4, 0.5) is 0 Å². The van der Waals surface area contributed by atoms with Crippen LogP contribution in [0.3, 0.4) is 0 Å². The molecule has 1 aliphatic carbocycles. The summed E-state index contributed by atoms with van der Waals surface area (Å²) in [5.41, 5.74) is 0.132. The van der Waals surface area contributed by atoms with Crippen molar-refractivity contribution in [3.8, 4) is 0 Å². The molecule has 15 heavy (non-hydrogen) atoms.